The zero-order valence-corrected chi connectivity index (χ0v) is 11.7. The molecule has 0 radical (unpaired) electrons. The fourth-order valence-electron chi connectivity index (χ4n) is 1.57. The second-order valence-electron chi connectivity index (χ2n) is 4.61. The largest absolute Gasteiger partial charge is 0.471 e. The number of halogens is 6. The van der Waals surface area contributed by atoms with Crippen LogP contribution in [0.2, 0.25) is 0 Å². The smallest absolute Gasteiger partial charge is 0.344 e. The lowest BCUT2D eigenvalue weighted by Crippen LogP contribution is -2.38. The zero-order chi connectivity index (χ0) is 17.8. The Kier molecular flexibility index (Phi) is 5.62. The molecule has 1 aromatic rings. The molecular formula is C13H12F6N2O2. The molecule has 128 valence electrons. The van der Waals surface area contributed by atoms with E-state index < -0.39 is 30.2 Å². The van der Waals surface area contributed by atoms with Gasteiger partial charge in [-0.25, -0.2) is 0 Å². The van der Waals surface area contributed by atoms with E-state index in [4.69, 9.17) is 0 Å². The summed E-state index contributed by atoms with van der Waals surface area (Å²) in [5, 5.41) is 3.40. The monoisotopic (exact) mass is 342 g/mol. The minimum absolute atomic E-state index is 0.320. The van der Waals surface area contributed by atoms with Crippen LogP contribution in [-0.4, -0.2) is 24.2 Å². The number of alkyl halides is 6. The van der Waals surface area contributed by atoms with Crippen LogP contribution in [0.3, 0.4) is 0 Å². The van der Waals surface area contributed by atoms with E-state index in [1.807, 2.05) is 0 Å². The molecule has 1 rings (SSSR count). The van der Waals surface area contributed by atoms with Gasteiger partial charge in [-0.3, -0.25) is 9.59 Å². The second kappa shape index (κ2) is 6.88. The van der Waals surface area contributed by atoms with Gasteiger partial charge < -0.3 is 10.6 Å². The van der Waals surface area contributed by atoms with Crippen LogP contribution in [0.25, 0.3) is 0 Å². The highest BCUT2D eigenvalue weighted by atomic mass is 19.4. The Morgan fingerprint density at radius 2 is 1.43 bits per heavy atom. The van der Waals surface area contributed by atoms with Crippen molar-refractivity contribution in [2.24, 2.45) is 0 Å². The fraction of sp³-hybridized carbons (Fsp3) is 0.385. The van der Waals surface area contributed by atoms with Crippen molar-refractivity contribution in [3.63, 3.8) is 0 Å². The summed E-state index contributed by atoms with van der Waals surface area (Å²) in [7, 11) is 0. The van der Waals surface area contributed by atoms with E-state index in [1.54, 1.807) is 10.6 Å². The van der Waals surface area contributed by atoms with Crippen LogP contribution in [0.5, 0.6) is 0 Å². The van der Waals surface area contributed by atoms with Crippen LogP contribution in [0.1, 0.15) is 24.1 Å². The van der Waals surface area contributed by atoms with Gasteiger partial charge in [0.15, 0.2) is 0 Å². The van der Waals surface area contributed by atoms with E-state index in [0.29, 0.717) is 11.1 Å². The standard InChI is InChI=1S/C13H12F6N2O2/c1-7(21-11(23)13(17,18)19)9-4-2-8(3-5-9)6-20-10(22)12(14,15)16/h2-5,7H,6H2,1H3,(H,20,22)(H,21,23). The molecule has 2 N–H and O–H groups in total. The quantitative estimate of drug-likeness (QED) is 0.827. The first-order valence-electron chi connectivity index (χ1n) is 6.23. The van der Waals surface area contributed by atoms with Crippen molar-refractivity contribution in [2.45, 2.75) is 31.9 Å². The third-order valence-electron chi connectivity index (χ3n) is 2.80. The molecule has 1 unspecified atom stereocenters. The van der Waals surface area contributed by atoms with Crippen molar-refractivity contribution >= 4 is 11.8 Å². The van der Waals surface area contributed by atoms with Gasteiger partial charge >= 0.3 is 24.2 Å². The molecule has 0 aliphatic rings. The molecule has 2 amide bonds. The van der Waals surface area contributed by atoms with Crippen molar-refractivity contribution in [3.05, 3.63) is 35.4 Å². The second-order valence-corrected chi connectivity index (χ2v) is 4.61. The van der Waals surface area contributed by atoms with Gasteiger partial charge in [0.2, 0.25) is 0 Å². The van der Waals surface area contributed by atoms with Crippen LogP contribution < -0.4 is 10.6 Å². The molecule has 1 atom stereocenters. The molecular weight excluding hydrogens is 330 g/mol. The van der Waals surface area contributed by atoms with Gasteiger partial charge in [-0.05, 0) is 18.1 Å². The minimum atomic E-state index is -5.00. The third-order valence-corrected chi connectivity index (χ3v) is 2.80. The summed E-state index contributed by atoms with van der Waals surface area (Å²) >= 11 is 0. The molecule has 10 heteroatoms. The summed E-state index contributed by atoms with van der Waals surface area (Å²) in [5.41, 5.74) is 0.647. The molecule has 0 bridgehead atoms. The highest BCUT2D eigenvalue weighted by Gasteiger charge is 2.39. The number of carbonyl (C=O) groups excluding carboxylic acids is 2. The predicted molar refractivity (Wildman–Crippen MR) is 67.0 cm³/mol. The molecule has 0 aliphatic heterocycles. The molecule has 0 spiro atoms. The number of hydrogen-bond donors (Lipinski definition) is 2. The summed E-state index contributed by atoms with van der Waals surface area (Å²) in [6.45, 7) is 0.936. The highest BCUT2D eigenvalue weighted by Crippen LogP contribution is 2.19. The maximum Gasteiger partial charge on any atom is 0.471 e. The first-order chi connectivity index (χ1) is 10.4. The SMILES string of the molecule is CC(NC(=O)C(F)(F)F)c1ccc(CNC(=O)C(F)(F)F)cc1. The maximum absolute atomic E-state index is 12.1. The lowest BCUT2D eigenvalue weighted by atomic mass is 10.1. The molecule has 0 saturated heterocycles. The Hall–Kier alpha value is -2.26. The molecule has 4 nitrogen and oxygen atoms in total. The molecule has 0 aliphatic carbocycles. The molecule has 0 heterocycles. The Morgan fingerprint density at radius 1 is 0.957 bits per heavy atom. The van der Waals surface area contributed by atoms with E-state index in [-0.39, 0.29) is 6.54 Å². The Labute approximate surface area is 126 Å². The van der Waals surface area contributed by atoms with Crippen LogP contribution in [0, 0.1) is 0 Å². The molecule has 0 saturated carbocycles. The van der Waals surface area contributed by atoms with E-state index >= 15 is 0 Å². The topological polar surface area (TPSA) is 58.2 Å². The van der Waals surface area contributed by atoms with Gasteiger partial charge in [0.25, 0.3) is 0 Å². The minimum Gasteiger partial charge on any atom is -0.344 e. The zero-order valence-electron chi connectivity index (χ0n) is 11.7. The first kappa shape index (κ1) is 18.8. The van der Waals surface area contributed by atoms with Crippen LogP contribution in [-0.2, 0) is 16.1 Å². The van der Waals surface area contributed by atoms with E-state index in [2.05, 4.69) is 0 Å². The fourth-order valence-corrected chi connectivity index (χ4v) is 1.57. The van der Waals surface area contributed by atoms with Gasteiger partial charge in [0.1, 0.15) is 0 Å². The molecule has 0 fully saturated rings. The predicted octanol–water partition coefficient (Wildman–Crippen LogP) is 2.60. The van der Waals surface area contributed by atoms with Gasteiger partial charge in [-0.15, -0.1) is 0 Å². The average Bonchev–Trinajstić information content (AvgIpc) is 2.43. The average molecular weight is 342 g/mol. The number of benzene rings is 1. The van der Waals surface area contributed by atoms with Crippen molar-refractivity contribution in [3.8, 4) is 0 Å². The summed E-state index contributed by atoms with van der Waals surface area (Å²) in [5.74, 6) is -4.18. The van der Waals surface area contributed by atoms with E-state index in [9.17, 15) is 35.9 Å². The Morgan fingerprint density at radius 3 is 1.87 bits per heavy atom. The van der Waals surface area contributed by atoms with Crippen molar-refractivity contribution in [1.82, 2.24) is 10.6 Å². The van der Waals surface area contributed by atoms with Crippen molar-refractivity contribution in [1.29, 1.82) is 0 Å². The van der Waals surface area contributed by atoms with Crippen LogP contribution in [0.15, 0.2) is 24.3 Å². The summed E-state index contributed by atoms with van der Waals surface area (Å²) in [6.07, 6.45) is -9.99. The third kappa shape index (κ3) is 5.80. The normalized spacial score (nSPS) is 13.3. The van der Waals surface area contributed by atoms with Gasteiger partial charge in [-0.2, -0.15) is 26.3 Å². The first-order valence-corrected chi connectivity index (χ1v) is 6.23. The maximum atomic E-state index is 12.1. The number of rotatable bonds is 4. The lowest BCUT2D eigenvalue weighted by Gasteiger charge is -2.16. The highest BCUT2D eigenvalue weighted by molar-refractivity contribution is 5.82. The van der Waals surface area contributed by atoms with Crippen molar-refractivity contribution in [2.75, 3.05) is 0 Å². The number of carbonyl (C=O) groups is 2. The lowest BCUT2D eigenvalue weighted by molar-refractivity contribution is -0.174. The summed E-state index contributed by atoms with van der Waals surface area (Å²) in [4.78, 5) is 21.4. The molecule has 0 aromatic heterocycles. The van der Waals surface area contributed by atoms with E-state index in [0.717, 1.165) is 0 Å². The Bertz CT molecular complexity index is 565. The van der Waals surface area contributed by atoms with Gasteiger partial charge in [-0.1, -0.05) is 24.3 Å². The summed E-state index contributed by atoms with van der Waals surface area (Å²) in [6, 6.07) is 4.42. The number of nitrogens with one attached hydrogen (secondary N) is 2. The van der Waals surface area contributed by atoms with E-state index in [1.165, 1.54) is 31.2 Å². The van der Waals surface area contributed by atoms with Gasteiger partial charge in [0, 0.05) is 6.54 Å². The number of hydrogen-bond acceptors (Lipinski definition) is 2. The number of amides is 2. The molecule has 1 aromatic carbocycles. The Balaban J connectivity index is 2.63. The summed E-state index contributed by atoms with van der Waals surface area (Å²) < 4.78 is 72.3. The van der Waals surface area contributed by atoms with Gasteiger partial charge in [0.05, 0.1) is 6.04 Å². The van der Waals surface area contributed by atoms with Crippen LogP contribution >= 0.6 is 0 Å². The van der Waals surface area contributed by atoms with Crippen LogP contribution in [0.4, 0.5) is 26.3 Å². The molecule has 23 heavy (non-hydrogen) atoms. The van der Waals surface area contributed by atoms with Crippen molar-refractivity contribution < 1.29 is 35.9 Å².